The lowest BCUT2D eigenvalue weighted by atomic mass is 10.0. The van der Waals surface area contributed by atoms with E-state index in [1.165, 1.54) is 0 Å². The molecule has 2 aromatic rings. The molecule has 2 atom stereocenters. The van der Waals surface area contributed by atoms with E-state index in [1.807, 2.05) is 45.9 Å². The lowest BCUT2D eigenvalue weighted by molar-refractivity contribution is -0.124. The molecule has 0 aromatic heterocycles. The van der Waals surface area contributed by atoms with Gasteiger partial charge in [0.2, 0.25) is 5.91 Å². The van der Waals surface area contributed by atoms with Crippen LogP contribution in [0.4, 0.5) is 0 Å². The van der Waals surface area contributed by atoms with Gasteiger partial charge >= 0.3 is 0 Å². The van der Waals surface area contributed by atoms with Crippen molar-refractivity contribution >= 4 is 23.4 Å². The van der Waals surface area contributed by atoms with Crippen LogP contribution in [0, 0.1) is 5.92 Å². The maximum absolute atomic E-state index is 12.9. The van der Waals surface area contributed by atoms with Gasteiger partial charge in [0.25, 0.3) is 5.91 Å². The largest absolute Gasteiger partial charge is 0.493 e. The smallest absolute Gasteiger partial charge is 0.253 e. The van der Waals surface area contributed by atoms with Gasteiger partial charge in [0.1, 0.15) is 6.04 Å². The van der Waals surface area contributed by atoms with Gasteiger partial charge in [-0.25, -0.2) is 0 Å². The minimum Gasteiger partial charge on any atom is -0.493 e. The predicted molar refractivity (Wildman–Crippen MR) is 118 cm³/mol. The standard InChI is InChI=1S/C23H29ClN2O4/c1-6-30-19-12-11-16(13-20(19)29-5)15(4)25-23(28)21(14(2)3)26-22(27)17-9-7-8-10-18(17)24/h7-15,21H,6H2,1-5H3,(H,25,28)(H,26,27). The molecule has 2 aromatic carbocycles. The SMILES string of the molecule is CCOc1ccc(C(C)NC(=O)C(NC(=O)c2ccccc2Cl)C(C)C)cc1OC. The highest BCUT2D eigenvalue weighted by Crippen LogP contribution is 2.30. The van der Waals surface area contributed by atoms with Crippen molar-refractivity contribution in [3.8, 4) is 11.5 Å². The van der Waals surface area contributed by atoms with Gasteiger partial charge in [-0.1, -0.05) is 43.6 Å². The molecule has 0 spiro atoms. The Balaban J connectivity index is 2.12. The van der Waals surface area contributed by atoms with Gasteiger partial charge < -0.3 is 20.1 Å². The summed E-state index contributed by atoms with van der Waals surface area (Å²) in [6, 6.07) is 11.3. The molecule has 0 aliphatic heterocycles. The van der Waals surface area contributed by atoms with E-state index in [9.17, 15) is 9.59 Å². The average molecular weight is 433 g/mol. The van der Waals surface area contributed by atoms with Crippen molar-refractivity contribution in [3.63, 3.8) is 0 Å². The first kappa shape index (κ1) is 23.5. The number of methoxy groups -OCH3 is 1. The van der Waals surface area contributed by atoms with E-state index >= 15 is 0 Å². The molecular weight excluding hydrogens is 404 g/mol. The van der Waals surface area contributed by atoms with Crippen LogP contribution in [0.3, 0.4) is 0 Å². The van der Waals surface area contributed by atoms with Crippen LogP contribution in [-0.4, -0.2) is 31.6 Å². The third-order valence-corrected chi connectivity index (χ3v) is 5.03. The van der Waals surface area contributed by atoms with Gasteiger partial charge in [-0.15, -0.1) is 0 Å². The summed E-state index contributed by atoms with van der Waals surface area (Å²) in [5.74, 6) is 0.478. The number of amides is 2. The van der Waals surface area contributed by atoms with E-state index < -0.39 is 6.04 Å². The highest BCUT2D eigenvalue weighted by atomic mass is 35.5. The second kappa shape index (κ2) is 10.9. The van der Waals surface area contributed by atoms with Crippen LogP contribution in [0.15, 0.2) is 42.5 Å². The van der Waals surface area contributed by atoms with E-state index in [0.29, 0.717) is 28.7 Å². The van der Waals surface area contributed by atoms with Gasteiger partial charge in [-0.05, 0) is 49.6 Å². The molecule has 0 aliphatic rings. The first-order valence-electron chi connectivity index (χ1n) is 9.94. The minimum atomic E-state index is -0.708. The van der Waals surface area contributed by atoms with Crippen molar-refractivity contribution in [2.75, 3.05) is 13.7 Å². The number of benzene rings is 2. The number of hydrogen-bond donors (Lipinski definition) is 2. The molecule has 0 saturated carbocycles. The topological polar surface area (TPSA) is 76.7 Å². The summed E-state index contributed by atoms with van der Waals surface area (Å²) in [6.07, 6.45) is 0. The maximum Gasteiger partial charge on any atom is 0.253 e. The first-order chi connectivity index (χ1) is 14.3. The van der Waals surface area contributed by atoms with Crippen LogP contribution in [0.5, 0.6) is 11.5 Å². The molecule has 7 heteroatoms. The molecule has 0 radical (unpaired) electrons. The normalized spacial score (nSPS) is 12.8. The first-order valence-corrected chi connectivity index (χ1v) is 10.3. The summed E-state index contributed by atoms with van der Waals surface area (Å²) >= 11 is 6.11. The molecule has 0 saturated heterocycles. The Morgan fingerprint density at radius 1 is 1.03 bits per heavy atom. The molecule has 0 fully saturated rings. The second-order valence-corrected chi connectivity index (χ2v) is 7.66. The Morgan fingerprint density at radius 2 is 1.73 bits per heavy atom. The monoisotopic (exact) mass is 432 g/mol. The van der Waals surface area contributed by atoms with Gasteiger partial charge in [-0.3, -0.25) is 9.59 Å². The Bertz CT molecular complexity index is 885. The van der Waals surface area contributed by atoms with E-state index in [4.69, 9.17) is 21.1 Å². The second-order valence-electron chi connectivity index (χ2n) is 7.25. The summed E-state index contributed by atoms with van der Waals surface area (Å²) in [7, 11) is 1.57. The van der Waals surface area contributed by atoms with Crippen LogP contribution in [0.1, 0.15) is 49.7 Å². The number of halogens is 1. The predicted octanol–water partition coefficient (Wildman–Crippen LogP) is 4.38. The minimum absolute atomic E-state index is 0.112. The number of ether oxygens (including phenoxy) is 2. The third-order valence-electron chi connectivity index (χ3n) is 4.70. The molecule has 162 valence electrons. The van der Waals surface area contributed by atoms with Gasteiger partial charge in [-0.2, -0.15) is 0 Å². The third kappa shape index (κ3) is 5.89. The number of rotatable bonds is 9. The van der Waals surface area contributed by atoms with Crippen LogP contribution in [0.25, 0.3) is 0 Å². The lowest BCUT2D eigenvalue weighted by Crippen LogP contribution is -2.50. The molecule has 2 N–H and O–H groups in total. The highest BCUT2D eigenvalue weighted by Gasteiger charge is 2.26. The van der Waals surface area contributed by atoms with Crippen molar-refractivity contribution < 1.29 is 19.1 Å². The summed E-state index contributed by atoms with van der Waals surface area (Å²) in [5.41, 5.74) is 1.20. The molecule has 6 nitrogen and oxygen atoms in total. The van der Waals surface area contributed by atoms with Gasteiger partial charge in [0.15, 0.2) is 11.5 Å². The molecule has 2 rings (SSSR count). The van der Waals surface area contributed by atoms with Crippen LogP contribution in [0.2, 0.25) is 5.02 Å². The molecule has 0 bridgehead atoms. The van der Waals surface area contributed by atoms with Crippen molar-refractivity contribution in [3.05, 3.63) is 58.6 Å². The highest BCUT2D eigenvalue weighted by molar-refractivity contribution is 6.33. The zero-order valence-electron chi connectivity index (χ0n) is 18.0. The van der Waals surface area contributed by atoms with Crippen molar-refractivity contribution in [1.82, 2.24) is 10.6 Å². The van der Waals surface area contributed by atoms with Gasteiger partial charge in [0, 0.05) is 0 Å². The fourth-order valence-corrected chi connectivity index (χ4v) is 3.24. The molecule has 30 heavy (non-hydrogen) atoms. The average Bonchev–Trinajstić information content (AvgIpc) is 2.72. The zero-order valence-corrected chi connectivity index (χ0v) is 18.7. The zero-order chi connectivity index (χ0) is 22.3. The maximum atomic E-state index is 12.9. The number of nitrogens with one attached hydrogen (secondary N) is 2. The van der Waals surface area contributed by atoms with E-state index in [-0.39, 0.29) is 23.8 Å². The van der Waals surface area contributed by atoms with E-state index in [2.05, 4.69) is 10.6 Å². The fraction of sp³-hybridized carbons (Fsp3) is 0.391. The van der Waals surface area contributed by atoms with Crippen LogP contribution >= 0.6 is 11.6 Å². The molecule has 2 unspecified atom stereocenters. The number of hydrogen-bond acceptors (Lipinski definition) is 4. The van der Waals surface area contributed by atoms with E-state index in [1.54, 1.807) is 31.4 Å². The summed E-state index contributed by atoms with van der Waals surface area (Å²) in [4.78, 5) is 25.5. The molecule has 0 aliphatic carbocycles. The Hall–Kier alpha value is -2.73. The van der Waals surface area contributed by atoms with Crippen molar-refractivity contribution in [1.29, 1.82) is 0 Å². The Kier molecular flexibility index (Phi) is 8.54. The van der Waals surface area contributed by atoms with E-state index in [0.717, 1.165) is 5.56 Å². The quantitative estimate of drug-likeness (QED) is 0.616. The van der Waals surface area contributed by atoms with Crippen LogP contribution < -0.4 is 20.1 Å². The van der Waals surface area contributed by atoms with Crippen molar-refractivity contribution in [2.45, 2.75) is 39.8 Å². The number of carbonyl (C=O) groups excluding carboxylic acids is 2. The van der Waals surface area contributed by atoms with Crippen LogP contribution in [-0.2, 0) is 4.79 Å². The number of carbonyl (C=O) groups is 2. The Labute approximate surface area is 182 Å². The summed E-state index contributed by atoms with van der Waals surface area (Å²) in [6.45, 7) is 8.06. The fourth-order valence-electron chi connectivity index (χ4n) is 3.01. The summed E-state index contributed by atoms with van der Waals surface area (Å²) < 4.78 is 10.9. The Morgan fingerprint density at radius 3 is 2.33 bits per heavy atom. The van der Waals surface area contributed by atoms with Crippen molar-refractivity contribution in [2.24, 2.45) is 5.92 Å². The summed E-state index contributed by atoms with van der Waals surface area (Å²) in [5, 5.41) is 6.11. The van der Waals surface area contributed by atoms with Gasteiger partial charge in [0.05, 0.1) is 30.3 Å². The molecule has 0 heterocycles. The molecule has 2 amide bonds. The lowest BCUT2D eigenvalue weighted by Gasteiger charge is -2.24. The molecular formula is C23H29ClN2O4.